The van der Waals surface area contributed by atoms with Crippen molar-refractivity contribution >= 4 is 13.7 Å². The summed E-state index contributed by atoms with van der Waals surface area (Å²) in [4.78, 5) is 23.4. The predicted octanol–water partition coefficient (Wildman–Crippen LogP) is 24.1. The molecule has 0 bridgehead atoms. The molecule has 0 aromatic carbocycles. The van der Waals surface area contributed by atoms with Gasteiger partial charge in [-0.3, -0.25) is 13.8 Å². The number of unbranched alkanes of at least 4 members (excludes halogenated alkanes) is 46. The summed E-state index contributed by atoms with van der Waals surface area (Å²) >= 11 is 0. The van der Waals surface area contributed by atoms with Gasteiger partial charge >= 0.3 is 7.82 Å². The van der Waals surface area contributed by atoms with Gasteiger partial charge in [0.2, 0.25) is 5.91 Å². The van der Waals surface area contributed by atoms with Crippen molar-refractivity contribution in [3.05, 3.63) is 72.9 Å². The molecule has 0 spiro atoms. The Hall–Kier alpha value is -2.06. The van der Waals surface area contributed by atoms with Crippen LogP contribution in [0.1, 0.15) is 361 Å². The van der Waals surface area contributed by atoms with Crippen LogP contribution < -0.4 is 5.32 Å². The fourth-order valence-corrected chi connectivity index (χ4v) is 11.9. The maximum atomic E-state index is 13.1. The number of hydrogen-bond donors (Lipinski definition) is 3. The van der Waals surface area contributed by atoms with Gasteiger partial charge in [0.1, 0.15) is 13.2 Å². The zero-order valence-electron chi connectivity index (χ0n) is 57.8. The van der Waals surface area contributed by atoms with E-state index in [4.69, 9.17) is 9.05 Å². The number of aliphatic hydroxyl groups is 1. The number of quaternary nitrogens is 1. The summed E-state index contributed by atoms with van der Waals surface area (Å²) in [6, 6.07) is -0.865. The first kappa shape index (κ1) is 83.9. The Labute approximate surface area is 535 Å². The molecule has 3 atom stereocenters. The van der Waals surface area contributed by atoms with Crippen molar-refractivity contribution in [3.8, 4) is 0 Å². The van der Waals surface area contributed by atoms with E-state index in [2.05, 4.69) is 79.9 Å². The summed E-state index contributed by atoms with van der Waals surface area (Å²) in [5, 5.41) is 14.0. The van der Waals surface area contributed by atoms with Gasteiger partial charge in [0, 0.05) is 6.42 Å². The van der Waals surface area contributed by atoms with Gasteiger partial charge in [-0.15, -0.1) is 0 Å². The highest BCUT2D eigenvalue weighted by atomic mass is 31.2. The lowest BCUT2D eigenvalue weighted by molar-refractivity contribution is -0.870. The molecule has 0 saturated heterocycles. The fourth-order valence-electron chi connectivity index (χ4n) is 11.2. The fraction of sp³-hybridized carbons (Fsp3) is 0.831. The molecule has 0 rings (SSSR count). The smallest absolute Gasteiger partial charge is 0.387 e. The number of nitrogens with zero attached hydrogens (tertiary/aromatic N) is 1. The SMILES string of the molecule is CC/C=C\C/C=C\C/C=C\C/C=C\CCCCCCCCCCCCCCCCCCCCCCCCCCCCCCC(=O)NC(COP(=O)(O)OCC[N+](C)(C)C)C(O)/C=C/CC/C=C/CCCCCCCCCCCCCCCCCCC. The molecule has 0 aliphatic rings. The number of aliphatic hydroxyl groups excluding tert-OH is 1. The van der Waals surface area contributed by atoms with Crippen molar-refractivity contribution in [1.82, 2.24) is 5.32 Å². The van der Waals surface area contributed by atoms with Crippen LogP contribution in [0.2, 0.25) is 0 Å². The minimum Gasteiger partial charge on any atom is -0.387 e. The average molecular weight is 1230 g/mol. The van der Waals surface area contributed by atoms with Gasteiger partial charge in [-0.05, 0) is 70.6 Å². The third-order valence-electron chi connectivity index (χ3n) is 16.9. The summed E-state index contributed by atoms with van der Waals surface area (Å²) in [6.45, 7) is 4.73. The minimum absolute atomic E-state index is 0.0570. The largest absolute Gasteiger partial charge is 0.472 e. The molecule has 504 valence electrons. The first-order valence-corrected chi connectivity index (χ1v) is 38.8. The lowest BCUT2D eigenvalue weighted by Crippen LogP contribution is -2.45. The highest BCUT2D eigenvalue weighted by Gasteiger charge is 2.28. The molecule has 0 aliphatic carbocycles. The standard InChI is InChI=1S/C77H145N2O6P/c1-6-8-10-12-14-16-18-20-22-24-26-28-30-31-32-33-34-35-36-37-38-39-40-41-42-43-44-45-46-47-49-51-53-55-57-59-61-63-65-67-69-71-77(81)78-75(74-85-86(82,83)84-73-72-79(3,4)5)76(80)70-68-66-64-62-60-58-56-54-52-50-48-29-27-25-23-21-19-17-15-13-11-9-7-2/h8,10,14,16,20,22,26,28,60,62,68,70,75-76,80H,6-7,9,11-13,15,17-19,21,23-25,27,29-59,61,63-67,69,71-74H2,1-5H3,(H-,78,81,82,83)/p+1/b10-8-,16-14-,22-20-,28-26-,62-60+,70-68+. The Kier molecular flexibility index (Phi) is 65.7. The molecule has 1 amide bonds. The summed E-state index contributed by atoms with van der Waals surface area (Å²) < 4.78 is 23.8. The molecule has 0 radical (unpaired) electrons. The monoisotopic (exact) mass is 1230 g/mol. The number of allylic oxidation sites excluding steroid dienone is 11. The molecule has 0 saturated carbocycles. The molecule has 3 unspecified atom stereocenters. The molecule has 3 N–H and O–H groups in total. The number of nitrogens with one attached hydrogen (secondary N) is 1. The topological polar surface area (TPSA) is 105 Å². The quantitative estimate of drug-likeness (QED) is 0.0243. The number of carbonyl (C=O) groups is 1. The van der Waals surface area contributed by atoms with Gasteiger partial charge in [-0.1, -0.05) is 356 Å². The maximum Gasteiger partial charge on any atom is 0.472 e. The van der Waals surface area contributed by atoms with Crippen LogP contribution in [0.25, 0.3) is 0 Å². The third kappa shape index (κ3) is 69.4. The Bertz CT molecular complexity index is 1630. The number of carbonyl (C=O) groups excluding carboxylic acids is 1. The normalized spacial score (nSPS) is 14.0. The highest BCUT2D eigenvalue weighted by Crippen LogP contribution is 2.43. The maximum absolute atomic E-state index is 13.1. The van der Waals surface area contributed by atoms with Crippen molar-refractivity contribution in [2.24, 2.45) is 0 Å². The molecule has 0 aromatic rings. The first-order valence-electron chi connectivity index (χ1n) is 37.3. The number of likely N-dealkylation sites (N-methyl/N-ethyl adjacent to an activating group) is 1. The van der Waals surface area contributed by atoms with Crippen molar-refractivity contribution in [2.45, 2.75) is 373 Å². The molecule has 0 aliphatic heterocycles. The molecule has 0 heterocycles. The van der Waals surface area contributed by atoms with E-state index in [-0.39, 0.29) is 19.1 Å². The molecule has 0 fully saturated rings. The van der Waals surface area contributed by atoms with Gasteiger partial charge in [0.05, 0.1) is 39.9 Å². The molecular weight excluding hydrogens is 1080 g/mol. The number of phosphoric ester groups is 1. The molecule has 86 heavy (non-hydrogen) atoms. The van der Waals surface area contributed by atoms with E-state index in [0.29, 0.717) is 17.4 Å². The third-order valence-corrected chi connectivity index (χ3v) is 17.9. The first-order chi connectivity index (χ1) is 42.0. The molecule has 9 heteroatoms. The van der Waals surface area contributed by atoms with Crippen LogP contribution in [0.15, 0.2) is 72.9 Å². The van der Waals surface area contributed by atoms with Gasteiger partial charge in [-0.2, -0.15) is 0 Å². The van der Waals surface area contributed by atoms with Crippen LogP contribution in [0.3, 0.4) is 0 Å². The number of rotatable bonds is 69. The van der Waals surface area contributed by atoms with Crippen LogP contribution in [0.5, 0.6) is 0 Å². The summed E-state index contributed by atoms with van der Waals surface area (Å²) in [5.41, 5.74) is 0. The van der Waals surface area contributed by atoms with Crippen LogP contribution >= 0.6 is 7.82 Å². The van der Waals surface area contributed by atoms with Crippen molar-refractivity contribution in [1.29, 1.82) is 0 Å². The van der Waals surface area contributed by atoms with Gasteiger partial charge in [0.15, 0.2) is 0 Å². The van der Waals surface area contributed by atoms with E-state index in [1.165, 1.54) is 276 Å². The van der Waals surface area contributed by atoms with Gasteiger partial charge < -0.3 is 19.8 Å². The summed E-state index contributed by atoms with van der Waals surface area (Å²) in [6.07, 6.45) is 95.1. The van der Waals surface area contributed by atoms with Crippen LogP contribution in [0.4, 0.5) is 0 Å². The van der Waals surface area contributed by atoms with E-state index in [0.717, 1.165) is 64.2 Å². The van der Waals surface area contributed by atoms with Crippen molar-refractivity contribution < 1.29 is 32.9 Å². The molecule has 0 aromatic heterocycles. The summed E-state index contributed by atoms with van der Waals surface area (Å²) in [5.74, 6) is -0.180. The van der Waals surface area contributed by atoms with Gasteiger partial charge in [-0.25, -0.2) is 4.57 Å². The second-order valence-electron chi connectivity index (χ2n) is 26.6. The van der Waals surface area contributed by atoms with Gasteiger partial charge in [0.25, 0.3) is 0 Å². The Morgan fingerprint density at radius 2 is 0.709 bits per heavy atom. The Morgan fingerprint density at radius 1 is 0.407 bits per heavy atom. The van der Waals surface area contributed by atoms with Crippen LogP contribution in [-0.4, -0.2) is 73.4 Å². The second-order valence-corrected chi connectivity index (χ2v) is 28.1. The number of hydrogen-bond acceptors (Lipinski definition) is 5. The van der Waals surface area contributed by atoms with Crippen molar-refractivity contribution in [2.75, 3.05) is 40.9 Å². The van der Waals surface area contributed by atoms with Crippen LogP contribution in [-0.2, 0) is 18.4 Å². The van der Waals surface area contributed by atoms with E-state index < -0.39 is 20.0 Å². The van der Waals surface area contributed by atoms with E-state index >= 15 is 0 Å². The van der Waals surface area contributed by atoms with E-state index in [1.54, 1.807) is 6.08 Å². The lowest BCUT2D eigenvalue weighted by Gasteiger charge is -2.25. The number of phosphoric acid groups is 1. The lowest BCUT2D eigenvalue weighted by atomic mass is 10.0. The van der Waals surface area contributed by atoms with Crippen LogP contribution in [0, 0.1) is 0 Å². The Balaban J connectivity index is 3.94. The highest BCUT2D eigenvalue weighted by molar-refractivity contribution is 7.47. The second kappa shape index (κ2) is 67.3. The average Bonchev–Trinajstić information content (AvgIpc) is 3.70. The van der Waals surface area contributed by atoms with Crippen molar-refractivity contribution in [3.63, 3.8) is 0 Å². The number of amides is 1. The molecule has 8 nitrogen and oxygen atoms in total. The predicted molar refractivity (Wildman–Crippen MR) is 378 cm³/mol. The van der Waals surface area contributed by atoms with E-state index in [1.807, 2.05) is 27.2 Å². The summed E-state index contributed by atoms with van der Waals surface area (Å²) in [7, 11) is 1.57. The molecular formula is C77H146N2O6P+. The minimum atomic E-state index is -4.36. The van der Waals surface area contributed by atoms with E-state index in [9.17, 15) is 19.4 Å². The Morgan fingerprint density at radius 3 is 1.07 bits per heavy atom. The zero-order chi connectivity index (χ0) is 62.6. The zero-order valence-corrected chi connectivity index (χ0v) is 58.7.